The van der Waals surface area contributed by atoms with Crippen molar-refractivity contribution < 1.29 is 0 Å². The average molecular weight is 642 g/mol. The number of benzene rings is 6. The molecule has 0 saturated heterocycles. The van der Waals surface area contributed by atoms with Crippen LogP contribution < -0.4 is 0 Å². The van der Waals surface area contributed by atoms with E-state index in [0.717, 1.165) is 44.2 Å². The minimum atomic E-state index is 0.974. The fourth-order valence-corrected chi connectivity index (χ4v) is 8.74. The maximum absolute atomic E-state index is 5.34. The van der Waals surface area contributed by atoms with Gasteiger partial charge < -0.3 is 0 Å². The minimum Gasteiger partial charge on any atom is -0.264 e. The van der Waals surface area contributed by atoms with E-state index in [9.17, 15) is 0 Å². The molecule has 4 heteroatoms. The van der Waals surface area contributed by atoms with Crippen molar-refractivity contribution in [2.45, 2.75) is 0 Å². The molecule has 0 unspecified atom stereocenters. The van der Waals surface area contributed by atoms with Crippen LogP contribution in [0.5, 0.6) is 0 Å². The topological polar surface area (TPSA) is 38.7 Å². The first-order valence-electron chi connectivity index (χ1n) is 16.4. The minimum absolute atomic E-state index is 0.974. The van der Waals surface area contributed by atoms with Gasteiger partial charge in [-0.25, -0.2) is 4.98 Å². The summed E-state index contributed by atoms with van der Waals surface area (Å²) in [7, 11) is 0. The zero-order valence-electron chi connectivity index (χ0n) is 26.3. The Bertz CT molecular complexity index is 2820. The maximum Gasteiger partial charge on any atom is 0.0803 e. The van der Waals surface area contributed by atoms with Crippen LogP contribution in [-0.4, -0.2) is 15.0 Å². The third kappa shape index (κ3) is 4.46. The van der Waals surface area contributed by atoms with Gasteiger partial charge in [0.15, 0.2) is 0 Å². The Morgan fingerprint density at radius 1 is 0.408 bits per heavy atom. The second-order valence-corrected chi connectivity index (χ2v) is 13.4. The van der Waals surface area contributed by atoms with Gasteiger partial charge in [-0.3, -0.25) is 9.97 Å². The summed E-state index contributed by atoms with van der Waals surface area (Å²) in [6.07, 6.45) is 7.55. The van der Waals surface area contributed by atoms with Crippen LogP contribution in [0.25, 0.3) is 97.3 Å². The largest absolute Gasteiger partial charge is 0.264 e. The predicted molar refractivity (Wildman–Crippen MR) is 207 cm³/mol. The number of thiophene rings is 1. The van der Waals surface area contributed by atoms with Gasteiger partial charge in [-0.1, -0.05) is 115 Å². The lowest BCUT2D eigenvalue weighted by Gasteiger charge is -2.13. The highest BCUT2D eigenvalue weighted by atomic mass is 32.1. The van der Waals surface area contributed by atoms with Gasteiger partial charge in [0, 0.05) is 67.4 Å². The Kier molecular flexibility index (Phi) is 6.36. The van der Waals surface area contributed by atoms with Crippen LogP contribution in [-0.2, 0) is 0 Å². The highest BCUT2D eigenvalue weighted by Crippen LogP contribution is 2.49. The van der Waals surface area contributed by atoms with E-state index < -0.39 is 0 Å². The van der Waals surface area contributed by atoms with Crippen molar-refractivity contribution in [3.05, 3.63) is 164 Å². The number of fused-ring (bicyclic) bond motifs is 9. The molecule has 4 aromatic heterocycles. The molecule has 0 atom stereocenters. The van der Waals surface area contributed by atoms with Crippen molar-refractivity contribution in [3.8, 4) is 44.0 Å². The number of rotatable bonds is 4. The molecule has 0 aliphatic carbocycles. The summed E-state index contributed by atoms with van der Waals surface area (Å²) in [5, 5.41) is 10.0. The smallest absolute Gasteiger partial charge is 0.0803 e. The van der Waals surface area contributed by atoms with Crippen LogP contribution in [0.15, 0.2) is 164 Å². The Morgan fingerprint density at radius 2 is 0.959 bits per heavy atom. The second-order valence-electron chi connectivity index (χ2n) is 12.4. The number of aromatic nitrogens is 3. The van der Waals surface area contributed by atoms with Crippen molar-refractivity contribution in [1.29, 1.82) is 0 Å². The quantitative estimate of drug-likeness (QED) is 0.180. The molecule has 0 spiro atoms. The molecule has 6 aromatic carbocycles. The summed E-state index contributed by atoms with van der Waals surface area (Å²) in [6.45, 7) is 0. The van der Waals surface area contributed by atoms with E-state index in [4.69, 9.17) is 4.98 Å². The Hall–Kier alpha value is -6.23. The SMILES string of the molecule is c1cncc(-c2sc3c(c(-c4ccc(-c5ccc6c7ccccc7c7ccccc7c6c5)cc4)nc4ccccc43)c2-c2cccnc2)c1. The van der Waals surface area contributed by atoms with Gasteiger partial charge in [0.2, 0.25) is 0 Å². The fraction of sp³-hybridized carbons (Fsp3) is 0. The summed E-state index contributed by atoms with van der Waals surface area (Å²) < 4.78 is 1.22. The van der Waals surface area contributed by atoms with E-state index in [1.54, 1.807) is 11.3 Å². The molecular weight excluding hydrogens is 615 g/mol. The Morgan fingerprint density at radius 3 is 1.61 bits per heavy atom. The van der Waals surface area contributed by atoms with Gasteiger partial charge in [-0.2, -0.15) is 0 Å². The third-order valence-electron chi connectivity index (χ3n) is 9.64. The highest BCUT2D eigenvalue weighted by Gasteiger charge is 2.23. The van der Waals surface area contributed by atoms with Crippen LogP contribution in [0.2, 0.25) is 0 Å². The highest BCUT2D eigenvalue weighted by molar-refractivity contribution is 7.24. The van der Waals surface area contributed by atoms with Gasteiger partial charge in [-0.05, 0) is 67.7 Å². The van der Waals surface area contributed by atoms with Gasteiger partial charge in [0.05, 0.1) is 11.2 Å². The number of pyridine rings is 3. The molecule has 4 heterocycles. The summed E-state index contributed by atoms with van der Waals surface area (Å²) >= 11 is 1.81. The molecule has 0 bridgehead atoms. The van der Waals surface area contributed by atoms with E-state index in [2.05, 4.69) is 137 Å². The molecule has 10 rings (SSSR count). The fourth-order valence-electron chi connectivity index (χ4n) is 7.39. The normalized spacial score (nSPS) is 11.7. The third-order valence-corrected chi connectivity index (χ3v) is 10.9. The van der Waals surface area contributed by atoms with Crippen LogP contribution in [0.1, 0.15) is 0 Å². The Balaban J connectivity index is 1.18. The van der Waals surface area contributed by atoms with Crippen LogP contribution in [0.3, 0.4) is 0 Å². The number of para-hydroxylation sites is 1. The van der Waals surface area contributed by atoms with Gasteiger partial charge >= 0.3 is 0 Å². The maximum atomic E-state index is 5.34. The first kappa shape index (κ1) is 27.8. The van der Waals surface area contributed by atoms with Crippen molar-refractivity contribution in [3.63, 3.8) is 0 Å². The van der Waals surface area contributed by atoms with Gasteiger partial charge in [-0.15, -0.1) is 11.3 Å². The zero-order valence-corrected chi connectivity index (χ0v) is 27.2. The standard InChI is InChI=1S/C45H27N3S/c1-2-13-35-33(11-1)34-12-3-4-14-36(34)39-25-30(21-22-37(35)39)28-17-19-29(20-18-28)43-42-41(31-9-7-23-46-26-31)44(32-10-8-24-47-27-32)49-45(42)38-15-5-6-16-40(38)48-43/h1-27H. The van der Waals surface area contributed by atoms with E-state index >= 15 is 0 Å². The molecule has 0 fully saturated rings. The monoisotopic (exact) mass is 641 g/mol. The van der Waals surface area contributed by atoms with Crippen molar-refractivity contribution in [2.24, 2.45) is 0 Å². The number of hydrogen-bond acceptors (Lipinski definition) is 4. The van der Waals surface area contributed by atoms with E-state index in [-0.39, 0.29) is 0 Å². The number of hydrogen-bond donors (Lipinski definition) is 0. The molecule has 3 nitrogen and oxygen atoms in total. The first-order chi connectivity index (χ1) is 24.3. The molecule has 49 heavy (non-hydrogen) atoms. The van der Waals surface area contributed by atoms with Gasteiger partial charge in [0.25, 0.3) is 0 Å². The van der Waals surface area contributed by atoms with Crippen LogP contribution >= 0.6 is 11.3 Å². The average Bonchev–Trinajstić information content (AvgIpc) is 3.60. The first-order valence-corrected chi connectivity index (χ1v) is 17.2. The summed E-state index contributed by atoms with van der Waals surface area (Å²) in [4.78, 5) is 15.5. The molecule has 0 N–H and O–H groups in total. The predicted octanol–water partition coefficient (Wildman–Crippen LogP) is 12.4. The molecule has 0 amide bonds. The summed E-state index contributed by atoms with van der Waals surface area (Å²) in [6, 6.07) is 50.0. The van der Waals surface area contributed by atoms with Crippen molar-refractivity contribution in [2.75, 3.05) is 0 Å². The van der Waals surface area contributed by atoms with Crippen molar-refractivity contribution in [1.82, 2.24) is 15.0 Å². The molecule has 10 aromatic rings. The lowest BCUT2D eigenvalue weighted by molar-refractivity contribution is 1.33. The molecule has 0 radical (unpaired) electrons. The zero-order chi connectivity index (χ0) is 32.3. The van der Waals surface area contributed by atoms with E-state index in [1.165, 1.54) is 53.0 Å². The van der Waals surface area contributed by atoms with Crippen LogP contribution in [0.4, 0.5) is 0 Å². The molecule has 228 valence electrons. The van der Waals surface area contributed by atoms with Crippen LogP contribution in [0, 0.1) is 0 Å². The Labute approximate surface area is 286 Å². The molecular formula is C45H27N3S. The number of nitrogens with zero attached hydrogens (tertiary/aromatic N) is 3. The molecule has 0 aliphatic rings. The van der Waals surface area contributed by atoms with Crippen molar-refractivity contribution >= 4 is 64.6 Å². The lowest BCUT2D eigenvalue weighted by atomic mass is 9.91. The summed E-state index contributed by atoms with van der Waals surface area (Å²) in [5.41, 5.74) is 8.71. The summed E-state index contributed by atoms with van der Waals surface area (Å²) in [5.74, 6) is 0. The molecule has 0 aliphatic heterocycles. The second kappa shape index (κ2) is 11.2. The molecule has 0 saturated carbocycles. The van der Waals surface area contributed by atoms with Gasteiger partial charge in [0.1, 0.15) is 0 Å². The lowest BCUT2D eigenvalue weighted by Crippen LogP contribution is -1.90. The van der Waals surface area contributed by atoms with E-state index in [1.807, 2.05) is 36.9 Å². The van der Waals surface area contributed by atoms with E-state index in [0.29, 0.717) is 0 Å².